The minimum atomic E-state index is -2.58. The van der Waals surface area contributed by atoms with Crippen molar-refractivity contribution in [2.45, 2.75) is 64.9 Å². The van der Waals surface area contributed by atoms with E-state index in [1.807, 2.05) is 13.8 Å². The van der Waals surface area contributed by atoms with E-state index in [1.165, 1.54) is 0 Å². The van der Waals surface area contributed by atoms with E-state index >= 15 is 0 Å². The zero-order chi connectivity index (χ0) is 14.6. The van der Waals surface area contributed by atoms with Crippen molar-refractivity contribution in [1.82, 2.24) is 0 Å². The smallest absolute Gasteiger partial charge is 0.248 e. The molecule has 2 nitrogen and oxygen atoms in total. The maximum absolute atomic E-state index is 13.4. The van der Waals surface area contributed by atoms with Gasteiger partial charge in [0.1, 0.15) is 5.78 Å². The van der Waals surface area contributed by atoms with Crippen LogP contribution in [0.4, 0.5) is 8.78 Å². The van der Waals surface area contributed by atoms with E-state index in [0.29, 0.717) is 12.8 Å². The Morgan fingerprint density at radius 2 is 1.58 bits per heavy atom. The van der Waals surface area contributed by atoms with Crippen LogP contribution in [0.3, 0.4) is 0 Å². The van der Waals surface area contributed by atoms with Crippen molar-refractivity contribution in [3.63, 3.8) is 0 Å². The Morgan fingerprint density at radius 3 is 1.95 bits per heavy atom. The summed E-state index contributed by atoms with van der Waals surface area (Å²) in [5.74, 6) is -3.00. The molecule has 2 fully saturated rings. The molecule has 19 heavy (non-hydrogen) atoms. The van der Waals surface area contributed by atoms with Crippen molar-refractivity contribution in [3.8, 4) is 0 Å². The number of hydrogen-bond donors (Lipinski definition) is 1. The van der Waals surface area contributed by atoms with Gasteiger partial charge in [-0.2, -0.15) is 0 Å². The van der Waals surface area contributed by atoms with Crippen LogP contribution in [0.2, 0.25) is 0 Å². The maximum Gasteiger partial charge on any atom is 0.248 e. The molecule has 2 aliphatic carbocycles. The molecule has 0 aromatic heterocycles. The highest BCUT2D eigenvalue weighted by Crippen LogP contribution is 2.58. The Kier molecular flexibility index (Phi) is 3.32. The van der Waals surface area contributed by atoms with Gasteiger partial charge in [0.25, 0.3) is 0 Å². The van der Waals surface area contributed by atoms with Crippen LogP contribution in [0.25, 0.3) is 0 Å². The van der Waals surface area contributed by atoms with Gasteiger partial charge in [-0.05, 0) is 24.7 Å². The molecular formula is C15H24F2O2. The number of fused-ring (bicyclic) bond motifs is 1. The van der Waals surface area contributed by atoms with Crippen LogP contribution in [0.15, 0.2) is 0 Å². The van der Waals surface area contributed by atoms with Crippen LogP contribution in [0.5, 0.6) is 0 Å². The molecule has 4 heteroatoms. The van der Waals surface area contributed by atoms with Crippen molar-refractivity contribution in [2.75, 3.05) is 0 Å². The van der Waals surface area contributed by atoms with E-state index < -0.39 is 16.9 Å². The van der Waals surface area contributed by atoms with Gasteiger partial charge in [-0.3, -0.25) is 4.79 Å². The molecule has 0 radical (unpaired) electrons. The van der Waals surface area contributed by atoms with Crippen LogP contribution in [0.1, 0.15) is 53.4 Å². The highest BCUT2D eigenvalue weighted by molar-refractivity contribution is 5.87. The number of ketones is 1. The molecule has 0 heterocycles. The second kappa shape index (κ2) is 4.24. The second-order valence-electron chi connectivity index (χ2n) is 7.37. The SMILES string of the molecule is CC(C)C(=O)C(C)(C)C1(O)C[C@H]2CC(F)(F)C[C@H]2C1. The third-order valence-corrected chi connectivity index (χ3v) is 5.29. The summed E-state index contributed by atoms with van der Waals surface area (Å²) in [5.41, 5.74) is -1.99. The molecule has 1 N–H and O–H groups in total. The lowest BCUT2D eigenvalue weighted by atomic mass is 9.67. The third kappa shape index (κ3) is 2.32. The lowest BCUT2D eigenvalue weighted by Gasteiger charge is -2.40. The van der Waals surface area contributed by atoms with Gasteiger partial charge in [0, 0.05) is 18.8 Å². The highest BCUT2D eigenvalue weighted by atomic mass is 19.3. The predicted octanol–water partition coefficient (Wildman–Crippen LogP) is 3.42. The highest BCUT2D eigenvalue weighted by Gasteiger charge is 2.60. The number of rotatable bonds is 3. The Hall–Kier alpha value is -0.510. The van der Waals surface area contributed by atoms with Gasteiger partial charge in [0.05, 0.1) is 11.0 Å². The zero-order valence-corrected chi connectivity index (χ0v) is 12.2. The minimum absolute atomic E-state index is 0.0155. The van der Waals surface area contributed by atoms with Crippen molar-refractivity contribution in [3.05, 3.63) is 0 Å². The van der Waals surface area contributed by atoms with E-state index in [9.17, 15) is 18.7 Å². The average Bonchev–Trinajstić information content (AvgIpc) is 2.66. The van der Waals surface area contributed by atoms with Gasteiger partial charge < -0.3 is 5.11 Å². The summed E-state index contributed by atoms with van der Waals surface area (Å²) in [4.78, 5) is 12.3. The fraction of sp³-hybridized carbons (Fsp3) is 0.933. The van der Waals surface area contributed by atoms with E-state index in [0.717, 1.165) is 0 Å². The summed E-state index contributed by atoms with van der Waals surface area (Å²) in [5, 5.41) is 10.8. The molecule has 2 rings (SSSR count). The van der Waals surface area contributed by atoms with E-state index in [2.05, 4.69) is 0 Å². The van der Waals surface area contributed by atoms with Crippen molar-refractivity contribution in [2.24, 2.45) is 23.2 Å². The van der Waals surface area contributed by atoms with Crippen LogP contribution >= 0.6 is 0 Å². The number of hydrogen-bond acceptors (Lipinski definition) is 2. The molecule has 2 saturated carbocycles. The van der Waals surface area contributed by atoms with Crippen molar-refractivity contribution >= 4 is 5.78 Å². The lowest BCUT2D eigenvalue weighted by molar-refractivity contribution is -0.148. The molecule has 0 aliphatic heterocycles. The molecule has 0 spiro atoms. The molecule has 0 aromatic carbocycles. The van der Waals surface area contributed by atoms with Gasteiger partial charge in [0.2, 0.25) is 5.92 Å². The maximum atomic E-state index is 13.4. The van der Waals surface area contributed by atoms with Crippen LogP contribution < -0.4 is 0 Å². The topological polar surface area (TPSA) is 37.3 Å². The third-order valence-electron chi connectivity index (χ3n) is 5.29. The molecule has 0 bridgehead atoms. The van der Waals surface area contributed by atoms with Crippen LogP contribution in [-0.2, 0) is 4.79 Å². The number of carbonyl (C=O) groups excluding carboxylic acids is 1. The largest absolute Gasteiger partial charge is 0.389 e. The first-order chi connectivity index (χ1) is 8.48. The fourth-order valence-corrected chi connectivity index (χ4v) is 4.07. The molecule has 0 saturated heterocycles. The second-order valence-corrected chi connectivity index (χ2v) is 7.37. The predicted molar refractivity (Wildman–Crippen MR) is 69.0 cm³/mol. The first-order valence-corrected chi connectivity index (χ1v) is 7.13. The van der Waals surface area contributed by atoms with Crippen LogP contribution in [-0.4, -0.2) is 22.4 Å². The first-order valence-electron chi connectivity index (χ1n) is 7.13. The van der Waals surface area contributed by atoms with Crippen molar-refractivity contribution < 1.29 is 18.7 Å². The monoisotopic (exact) mass is 274 g/mol. The number of aliphatic hydroxyl groups is 1. The van der Waals surface area contributed by atoms with E-state index in [-0.39, 0.29) is 36.4 Å². The number of Topliss-reactive ketones (excluding diaryl/α,β-unsaturated/α-hetero) is 1. The molecular weight excluding hydrogens is 250 g/mol. The number of carbonyl (C=O) groups is 1. The molecule has 1 unspecified atom stereocenters. The fourth-order valence-electron chi connectivity index (χ4n) is 4.07. The molecule has 0 aromatic rings. The van der Waals surface area contributed by atoms with E-state index in [4.69, 9.17) is 0 Å². The summed E-state index contributed by atoms with van der Waals surface area (Å²) < 4.78 is 26.7. The summed E-state index contributed by atoms with van der Waals surface area (Å²) in [6.07, 6.45) is 0.398. The first kappa shape index (κ1) is 14.9. The molecule has 2 aliphatic rings. The Labute approximate surface area is 113 Å². The summed E-state index contributed by atoms with van der Waals surface area (Å²) >= 11 is 0. The number of halogens is 2. The Balaban J connectivity index is 2.17. The Bertz CT molecular complexity index is 372. The average molecular weight is 274 g/mol. The van der Waals surface area contributed by atoms with Gasteiger partial charge in [-0.25, -0.2) is 8.78 Å². The minimum Gasteiger partial charge on any atom is -0.389 e. The van der Waals surface area contributed by atoms with Crippen LogP contribution in [0, 0.1) is 23.2 Å². The summed E-state index contributed by atoms with van der Waals surface area (Å²) in [6, 6.07) is 0. The lowest BCUT2D eigenvalue weighted by Crippen LogP contribution is -2.50. The van der Waals surface area contributed by atoms with Gasteiger partial charge in [0.15, 0.2) is 0 Å². The normalized spacial score (nSPS) is 37.7. The molecule has 110 valence electrons. The standard InChI is InChI=1S/C15H24F2O2/c1-9(2)12(18)13(3,4)14(19)5-10-7-15(16,17)8-11(10)6-14/h9-11,19H,5-8H2,1-4H3/t10-,11+,14?. The quantitative estimate of drug-likeness (QED) is 0.856. The summed E-state index contributed by atoms with van der Waals surface area (Å²) in [7, 11) is 0. The molecule has 0 amide bonds. The van der Waals surface area contributed by atoms with Gasteiger partial charge in [-0.15, -0.1) is 0 Å². The number of alkyl halides is 2. The Morgan fingerprint density at radius 1 is 1.16 bits per heavy atom. The van der Waals surface area contributed by atoms with Gasteiger partial charge in [-0.1, -0.05) is 27.7 Å². The van der Waals surface area contributed by atoms with Gasteiger partial charge >= 0.3 is 0 Å². The zero-order valence-electron chi connectivity index (χ0n) is 12.2. The summed E-state index contributed by atoms with van der Waals surface area (Å²) in [6.45, 7) is 7.15. The molecule has 3 atom stereocenters. The van der Waals surface area contributed by atoms with Crippen molar-refractivity contribution in [1.29, 1.82) is 0 Å². The van der Waals surface area contributed by atoms with E-state index in [1.54, 1.807) is 13.8 Å².